The summed E-state index contributed by atoms with van der Waals surface area (Å²) in [5.41, 5.74) is 1.57. The van der Waals surface area contributed by atoms with Crippen LogP contribution in [0.2, 0.25) is 0 Å². The van der Waals surface area contributed by atoms with Crippen LogP contribution in [-0.2, 0) is 17.6 Å². The second kappa shape index (κ2) is 7.53. The van der Waals surface area contributed by atoms with Crippen molar-refractivity contribution in [1.29, 1.82) is 0 Å². The first kappa shape index (κ1) is 19.7. The first-order valence-corrected chi connectivity index (χ1v) is 10.6. The van der Waals surface area contributed by atoms with Gasteiger partial charge in [0.2, 0.25) is 5.91 Å². The molecule has 1 aromatic heterocycles. The van der Waals surface area contributed by atoms with Gasteiger partial charge in [-0.25, -0.2) is 0 Å². The van der Waals surface area contributed by atoms with E-state index in [0.717, 1.165) is 31.2 Å². The molecule has 0 aliphatic heterocycles. The highest BCUT2D eigenvalue weighted by molar-refractivity contribution is 7.17. The number of nitrogens with one attached hydrogen (secondary N) is 2. The van der Waals surface area contributed by atoms with Gasteiger partial charge in [-0.1, -0.05) is 37.0 Å². The van der Waals surface area contributed by atoms with Crippen LogP contribution in [0.5, 0.6) is 0 Å². The van der Waals surface area contributed by atoms with Gasteiger partial charge in [0.25, 0.3) is 5.91 Å². The van der Waals surface area contributed by atoms with Crippen LogP contribution in [0, 0.1) is 17.3 Å². The van der Waals surface area contributed by atoms with E-state index in [2.05, 4.69) is 10.6 Å². The summed E-state index contributed by atoms with van der Waals surface area (Å²) < 4.78 is 0.188. The van der Waals surface area contributed by atoms with E-state index in [1.165, 1.54) is 4.88 Å². The van der Waals surface area contributed by atoms with Gasteiger partial charge in [-0.15, -0.1) is 11.3 Å². The van der Waals surface area contributed by atoms with Gasteiger partial charge < -0.3 is 10.6 Å². The van der Waals surface area contributed by atoms with E-state index in [9.17, 15) is 9.59 Å². The summed E-state index contributed by atoms with van der Waals surface area (Å²) >= 11 is 13.1. The standard InChI is InChI=1S/C19H24Cl2N2O2S/c1-4-22-16(24)14-10-7-5-6-8-12(10)26-18(14)23-17(25)15-11(9-13(20)21)19(15,2)3/h9,11,15H,4-8H2,1-3H3,(H,22,24)(H,23,25)/t11-,15-/m0/s1. The molecule has 0 spiro atoms. The van der Waals surface area contributed by atoms with E-state index in [-0.39, 0.29) is 33.6 Å². The van der Waals surface area contributed by atoms with Crippen molar-refractivity contribution in [3.8, 4) is 0 Å². The Bertz CT molecular complexity index is 766. The molecule has 2 aliphatic carbocycles. The van der Waals surface area contributed by atoms with Crippen LogP contribution in [0.15, 0.2) is 10.6 Å². The van der Waals surface area contributed by atoms with Gasteiger partial charge in [-0.05, 0) is 55.6 Å². The Morgan fingerprint density at radius 3 is 2.62 bits per heavy atom. The number of carbonyl (C=O) groups excluding carboxylic acids is 2. The van der Waals surface area contributed by atoms with Crippen LogP contribution >= 0.6 is 34.5 Å². The van der Waals surface area contributed by atoms with Crippen molar-refractivity contribution < 1.29 is 9.59 Å². The fraction of sp³-hybridized carbons (Fsp3) is 0.579. The lowest BCUT2D eigenvalue weighted by molar-refractivity contribution is -0.118. The number of hydrogen-bond donors (Lipinski definition) is 2. The number of hydrogen-bond acceptors (Lipinski definition) is 3. The zero-order chi connectivity index (χ0) is 19.1. The van der Waals surface area contributed by atoms with Gasteiger partial charge in [0.15, 0.2) is 0 Å². The number of thiophene rings is 1. The molecule has 1 heterocycles. The predicted molar refractivity (Wildman–Crippen MR) is 108 cm³/mol. The van der Waals surface area contributed by atoms with Crippen molar-refractivity contribution in [2.75, 3.05) is 11.9 Å². The molecule has 26 heavy (non-hydrogen) atoms. The number of aryl methyl sites for hydroxylation is 1. The maximum Gasteiger partial charge on any atom is 0.254 e. The molecular formula is C19H24Cl2N2O2S. The first-order chi connectivity index (χ1) is 12.3. The van der Waals surface area contributed by atoms with Gasteiger partial charge in [0.1, 0.15) is 9.49 Å². The van der Waals surface area contributed by atoms with Crippen LogP contribution in [0.25, 0.3) is 0 Å². The number of fused-ring (bicyclic) bond motifs is 1. The molecule has 0 bridgehead atoms. The fourth-order valence-electron chi connectivity index (χ4n) is 3.96. The Hall–Kier alpha value is -1.04. The summed E-state index contributed by atoms with van der Waals surface area (Å²) in [6.45, 7) is 6.51. The number of rotatable bonds is 5. The number of halogens is 2. The minimum absolute atomic E-state index is 0.00926. The third-order valence-electron chi connectivity index (χ3n) is 5.47. The van der Waals surface area contributed by atoms with E-state index in [1.807, 2.05) is 20.8 Å². The highest BCUT2D eigenvalue weighted by atomic mass is 35.5. The molecule has 0 saturated heterocycles. The molecule has 0 radical (unpaired) electrons. The Kier molecular flexibility index (Phi) is 5.71. The minimum atomic E-state index is -0.198. The number of allylic oxidation sites excluding steroid dienone is 1. The largest absolute Gasteiger partial charge is 0.352 e. The minimum Gasteiger partial charge on any atom is -0.352 e. The molecule has 2 atom stereocenters. The summed E-state index contributed by atoms with van der Waals surface area (Å²) in [6, 6.07) is 0. The lowest BCUT2D eigenvalue weighted by Crippen LogP contribution is -2.26. The predicted octanol–water partition coefficient (Wildman–Crippen LogP) is 4.91. The summed E-state index contributed by atoms with van der Waals surface area (Å²) in [7, 11) is 0. The van der Waals surface area contributed by atoms with Crippen molar-refractivity contribution in [1.82, 2.24) is 5.32 Å². The molecule has 4 nitrogen and oxygen atoms in total. The maximum absolute atomic E-state index is 12.9. The molecular weight excluding hydrogens is 391 g/mol. The Morgan fingerprint density at radius 2 is 1.96 bits per heavy atom. The van der Waals surface area contributed by atoms with Gasteiger partial charge >= 0.3 is 0 Å². The third kappa shape index (κ3) is 3.67. The number of carbonyl (C=O) groups is 2. The Morgan fingerprint density at radius 1 is 1.27 bits per heavy atom. The Balaban J connectivity index is 1.86. The van der Waals surface area contributed by atoms with E-state index in [1.54, 1.807) is 17.4 Å². The molecule has 1 fully saturated rings. The smallest absolute Gasteiger partial charge is 0.254 e. The normalized spacial score (nSPS) is 23.0. The second-order valence-electron chi connectivity index (χ2n) is 7.54. The summed E-state index contributed by atoms with van der Waals surface area (Å²) in [4.78, 5) is 26.7. The van der Waals surface area contributed by atoms with Gasteiger partial charge in [-0.2, -0.15) is 0 Å². The molecule has 0 unspecified atom stereocenters. The summed E-state index contributed by atoms with van der Waals surface area (Å²) in [5, 5.41) is 6.59. The van der Waals surface area contributed by atoms with Crippen LogP contribution in [0.3, 0.4) is 0 Å². The van der Waals surface area contributed by atoms with Gasteiger partial charge in [0, 0.05) is 11.4 Å². The highest BCUT2D eigenvalue weighted by Gasteiger charge is 2.60. The molecule has 2 N–H and O–H groups in total. The zero-order valence-corrected chi connectivity index (χ0v) is 17.6. The van der Waals surface area contributed by atoms with Gasteiger partial charge in [-0.3, -0.25) is 9.59 Å². The van der Waals surface area contributed by atoms with E-state index < -0.39 is 0 Å². The van der Waals surface area contributed by atoms with Crippen LogP contribution in [-0.4, -0.2) is 18.4 Å². The van der Waals surface area contributed by atoms with Crippen LogP contribution < -0.4 is 10.6 Å². The molecule has 142 valence electrons. The first-order valence-electron chi connectivity index (χ1n) is 9.03. The van der Waals surface area contributed by atoms with E-state index in [0.29, 0.717) is 17.1 Å². The monoisotopic (exact) mass is 414 g/mol. The van der Waals surface area contributed by atoms with Crippen molar-refractivity contribution in [2.45, 2.75) is 46.5 Å². The third-order valence-corrected chi connectivity index (χ3v) is 6.93. The van der Waals surface area contributed by atoms with Gasteiger partial charge in [0.05, 0.1) is 11.5 Å². The van der Waals surface area contributed by atoms with Crippen LogP contribution in [0.1, 0.15) is 54.4 Å². The SMILES string of the molecule is CCNC(=O)c1c(NC(=O)[C@@H]2[C@H](C=C(Cl)Cl)C2(C)C)sc2c1CCCC2. The molecule has 0 aromatic carbocycles. The topological polar surface area (TPSA) is 58.2 Å². The van der Waals surface area contributed by atoms with E-state index >= 15 is 0 Å². The summed E-state index contributed by atoms with van der Waals surface area (Å²) in [6.07, 6.45) is 5.82. The molecule has 1 saturated carbocycles. The van der Waals surface area contributed by atoms with Crippen molar-refractivity contribution >= 4 is 51.4 Å². The molecule has 1 aromatic rings. The lowest BCUT2D eigenvalue weighted by atomic mass is 9.95. The average Bonchev–Trinajstić information content (AvgIpc) is 2.92. The number of amides is 2. The fourth-order valence-corrected chi connectivity index (χ4v) is 5.52. The lowest BCUT2D eigenvalue weighted by Gasteiger charge is -2.13. The van der Waals surface area contributed by atoms with Crippen molar-refractivity contribution in [3.63, 3.8) is 0 Å². The van der Waals surface area contributed by atoms with Crippen molar-refractivity contribution in [3.05, 3.63) is 26.6 Å². The maximum atomic E-state index is 12.9. The molecule has 2 aliphatic rings. The zero-order valence-electron chi connectivity index (χ0n) is 15.2. The Labute approximate surface area is 168 Å². The number of anilines is 1. The molecule has 3 rings (SSSR count). The quantitative estimate of drug-likeness (QED) is 0.718. The van der Waals surface area contributed by atoms with E-state index in [4.69, 9.17) is 23.2 Å². The van der Waals surface area contributed by atoms with Crippen LogP contribution in [0.4, 0.5) is 5.00 Å². The van der Waals surface area contributed by atoms with Crippen molar-refractivity contribution in [2.24, 2.45) is 17.3 Å². The molecule has 2 amide bonds. The molecule has 7 heteroatoms. The summed E-state index contributed by atoms with van der Waals surface area (Å²) in [5.74, 6) is -0.362. The highest BCUT2D eigenvalue weighted by Crippen LogP contribution is 2.60. The second-order valence-corrected chi connectivity index (χ2v) is 9.66. The average molecular weight is 415 g/mol.